The van der Waals surface area contributed by atoms with E-state index < -0.39 is 29.9 Å². The maximum Gasteiger partial charge on any atom is 0.328 e. The van der Waals surface area contributed by atoms with Gasteiger partial charge in [-0.3, -0.25) is 9.59 Å². The molecule has 0 aromatic rings. The Kier molecular flexibility index (Phi) is 8.83. The number of nitrogens with one attached hydrogen (secondary N) is 2. The second kappa shape index (κ2) is 9.77. The summed E-state index contributed by atoms with van der Waals surface area (Å²) in [5.74, 6) is -1.58. The fourth-order valence-corrected chi connectivity index (χ4v) is 2.02. The molecule has 0 aliphatic rings. The Balaban J connectivity index is 5.05. The molecule has 2 N–H and O–H groups in total. The molecular weight excluding hydrogens is 286 g/mol. The van der Waals surface area contributed by atoms with E-state index in [9.17, 15) is 14.4 Å². The quantitative estimate of drug-likeness (QED) is 0.643. The third kappa shape index (κ3) is 7.07. The van der Waals surface area contributed by atoms with Gasteiger partial charge in [-0.25, -0.2) is 4.79 Å². The summed E-state index contributed by atoms with van der Waals surface area (Å²) in [7, 11) is 1.22. The molecule has 124 valence electrons. The summed E-state index contributed by atoms with van der Waals surface area (Å²) in [6.07, 6.45) is 0.557. The van der Waals surface area contributed by atoms with Crippen molar-refractivity contribution in [3.8, 4) is 6.07 Å². The topological polar surface area (TPSA) is 108 Å². The number of hydrogen-bond acceptors (Lipinski definition) is 5. The number of amides is 2. The van der Waals surface area contributed by atoms with Crippen LogP contribution in [-0.4, -0.2) is 37.0 Å². The van der Waals surface area contributed by atoms with E-state index in [0.29, 0.717) is 6.42 Å². The van der Waals surface area contributed by atoms with E-state index in [0.717, 1.165) is 0 Å². The van der Waals surface area contributed by atoms with Crippen molar-refractivity contribution in [2.24, 2.45) is 11.8 Å². The average Bonchev–Trinajstić information content (AvgIpc) is 2.42. The third-order valence-corrected chi connectivity index (χ3v) is 3.14. The second-order valence-electron chi connectivity index (χ2n) is 5.73. The van der Waals surface area contributed by atoms with Crippen LogP contribution in [0.5, 0.6) is 0 Å². The highest BCUT2D eigenvalue weighted by Crippen LogP contribution is 2.11. The molecule has 0 bridgehead atoms. The van der Waals surface area contributed by atoms with E-state index in [1.807, 2.05) is 19.9 Å². The van der Waals surface area contributed by atoms with Crippen LogP contribution in [0.15, 0.2) is 0 Å². The molecule has 7 nitrogen and oxygen atoms in total. The highest BCUT2D eigenvalue weighted by molar-refractivity contribution is 5.90. The Morgan fingerprint density at radius 1 is 1.18 bits per heavy atom. The van der Waals surface area contributed by atoms with Gasteiger partial charge in [0.2, 0.25) is 11.8 Å². The summed E-state index contributed by atoms with van der Waals surface area (Å²) in [6.45, 7) is 6.87. The Hall–Kier alpha value is -2.10. The lowest BCUT2D eigenvalue weighted by atomic mass is 9.97. The van der Waals surface area contributed by atoms with Crippen LogP contribution >= 0.6 is 0 Å². The SMILES string of the molecule is COC(=O)[C@@H](NC(=O)[C@H](CC(C)C)NC(C)=O)[C@@H](C)CC#N. The Morgan fingerprint density at radius 3 is 2.18 bits per heavy atom. The molecule has 0 aromatic heterocycles. The number of carbonyl (C=O) groups excluding carboxylic acids is 3. The minimum Gasteiger partial charge on any atom is -0.467 e. The van der Waals surface area contributed by atoms with Gasteiger partial charge in [0.15, 0.2) is 0 Å². The zero-order valence-electron chi connectivity index (χ0n) is 13.8. The molecule has 22 heavy (non-hydrogen) atoms. The average molecular weight is 311 g/mol. The smallest absolute Gasteiger partial charge is 0.328 e. The van der Waals surface area contributed by atoms with Crippen molar-refractivity contribution in [3.63, 3.8) is 0 Å². The van der Waals surface area contributed by atoms with Crippen LogP contribution in [0.3, 0.4) is 0 Å². The zero-order valence-corrected chi connectivity index (χ0v) is 13.8. The lowest BCUT2D eigenvalue weighted by molar-refractivity contribution is -0.146. The molecule has 0 radical (unpaired) electrons. The maximum atomic E-state index is 12.3. The predicted molar refractivity (Wildman–Crippen MR) is 80.4 cm³/mol. The van der Waals surface area contributed by atoms with Crippen molar-refractivity contribution in [1.29, 1.82) is 5.26 Å². The minimum absolute atomic E-state index is 0.106. The Labute approximate surface area is 131 Å². The van der Waals surface area contributed by atoms with Crippen LogP contribution in [0, 0.1) is 23.2 Å². The normalized spacial score (nSPS) is 14.4. The number of hydrogen-bond donors (Lipinski definition) is 2. The third-order valence-electron chi connectivity index (χ3n) is 3.14. The lowest BCUT2D eigenvalue weighted by Crippen LogP contribution is -2.53. The first-order chi connectivity index (χ1) is 10.2. The molecule has 0 fully saturated rings. The molecule has 3 atom stereocenters. The van der Waals surface area contributed by atoms with Crippen LogP contribution in [0.25, 0.3) is 0 Å². The van der Waals surface area contributed by atoms with Gasteiger partial charge in [-0.15, -0.1) is 0 Å². The van der Waals surface area contributed by atoms with Gasteiger partial charge in [0, 0.05) is 19.3 Å². The number of ether oxygens (including phenoxy) is 1. The van der Waals surface area contributed by atoms with Crippen molar-refractivity contribution >= 4 is 17.8 Å². The first-order valence-corrected chi connectivity index (χ1v) is 7.25. The predicted octanol–water partition coefficient (Wildman–Crippen LogP) is 0.745. The first-order valence-electron chi connectivity index (χ1n) is 7.25. The van der Waals surface area contributed by atoms with Crippen molar-refractivity contribution in [2.75, 3.05) is 7.11 Å². The van der Waals surface area contributed by atoms with Gasteiger partial charge in [0.05, 0.1) is 13.2 Å². The lowest BCUT2D eigenvalue weighted by Gasteiger charge is -2.25. The summed E-state index contributed by atoms with van der Waals surface area (Å²) in [4.78, 5) is 35.4. The van der Waals surface area contributed by atoms with Crippen LogP contribution in [0.1, 0.15) is 40.5 Å². The Morgan fingerprint density at radius 2 is 1.77 bits per heavy atom. The monoisotopic (exact) mass is 311 g/mol. The molecule has 0 saturated heterocycles. The van der Waals surface area contributed by atoms with Crippen molar-refractivity contribution < 1.29 is 19.1 Å². The summed E-state index contributed by atoms with van der Waals surface area (Å²) in [5, 5.41) is 13.9. The van der Waals surface area contributed by atoms with Crippen LogP contribution in [-0.2, 0) is 19.1 Å². The van der Waals surface area contributed by atoms with E-state index in [2.05, 4.69) is 15.4 Å². The number of nitriles is 1. The number of methoxy groups -OCH3 is 1. The summed E-state index contributed by atoms with van der Waals surface area (Å²) >= 11 is 0. The number of nitrogens with zero attached hydrogens (tertiary/aromatic N) is 1. The molecule has 0 unspecified atom stereocenters. The van der Waals surface area contributed by atoms with E-state index in [1.165, 1.54) is 14.0 Å². The zero-order chi connectivity index (χ0) is 17.3. The standard InChI is InChI=1S/C15H25N3O4/c1-9(2)8-12(17-11(4)19)14(20)18-13(15(21)22-5)10(3)6-7-16/h9-10,12-13H,6,8H2,1-5H3,(H,17,19)(H,18,20)/t10-,12-,13-/m0/s1. The molecule has 0 aliphatic heterocycles. The highest BCUT2D eigenvalue weighted by atomic mass is 16.5. The number of rotatable bonds is 8. The minimum atomic E-state index is -0.916. The van der Waals surface area contributed by atoms with E-state index >= 15 is 0 Å². The molecule has 0 saturated carbocycles. The van der Waals surface area contributed by atoms with Crippen molar-refractivity contribution in [2.45, 2.75) is 52.6 Å². The second-order valence-corrected chi connectivity index (χ2v) is 5.73. The largest absolute Gasteiger partial charge is 0.467 e. The Bertz CT molecular complexity index is 443. The highest BCUT2D eigenvalue weighted by Gasteiger charge is 2.30. The molecule has 0 heterocycles. The van der Waals surface area contributed by atoms with Crippen LogP contribution in [0.4, 0.5) is 0 Å². The maximum absolute atomic E-state index is 12.3. The van der Waals surface area contributed by atoms with Crippen LogP contribution < -0.4 is 10.6 Å². The van der Waals surface area contributed by atoms with Crippen LogP contribution in [0.2, 0.25) is 0 Å². The molecule has 0 aromatic carbocycles. The van der Waals surface area contributed by atoms with Gasteiger partial charge in [0.25, 0.3) is 0 Å². The number of carbonyl (C=O) groups is 3. The van der Waals surface area contributed by atoms with Gasteiger partial charge < -0.3 is 15.4 Å². The van der Waals surface area contributed by atoms with E-state index in [4.69, 9.17) is 5.26 Å². The van der Waals surface area contributed by atoms with Crippen molar-refractivity contribution in [3.05, 3.63) is 0 Å². The summed E-state index contributed by atoms with van der Waals surface area (Å²) < 4.78 is 4.67. The van der Waals surface area contributed by atoms with E-state index in [1.54, 1.807) is 6.92 Å². The first kappa shape index (κ1) is 19.9. The van der Waals surface area contributed by atoms with Gasteiger partial charge in [0.1, 0.15) is 12.1 Å². The van der Waals surface area contributed by atoms with Gasteiger partial charge in [-0.1, -0.05) is 20.8 Å². The number of esters is 1. The molecule has 0 aliphatic carbocycles. The van der Waals surface area contributed by atoms with Gasteiger partial charge >= 0.3 is 5.97 Å². The summed E-state index contributed by atoms with van der Waals surface area (Å²) in [5.41, 5.74) is 0. The molecule has 2 amide bonds. The fraction of sp³-hybridized carbons (Fsp3) is 0.733. The fourth-order valence-electron chi connectivity index (χ4n) is 2.02. The van der Waals surface area contributed by atoms with Gasteiger partial charge in [-0.2, -0.15) is 5.26 Å². The molecular formula is C15H25N3O4. The summed E-state index contributed by atoms with van der Waals surface area (Å²) in [6, 6.07) is 0.326. The van der Waals surface area contributed by atoms with Gasteiger partial charge in [-0.05, 0) is 12.3 Å². The van der Waals surface area contributed by atoms with E-state index in [-0.39, 0.29) is 18.2 Å². The van der Waals surface area contributed by atoms with Crippen molar-refractivity contribution in [1.82, 2.24) is 10.6 Å². The molecule has 0 rings (SSSR count). The molecule has 0 spiro atoms. The molecule has 7 heteroatoms.